The van der Waals surface area contributed by atoms with Crippen LogP contribution in [0.25, 0.3) is 0 Å². The van der Waals surface area contributed by atoms with Crippen LogP contribution in [-0.2, 0) is 9.59 Å². The van der Waals surface area contributed by atoms with Gasteiger partial charge in [0.1, 0.15) is 18.5 Å². The van der Waals surface area contributed by atoms with E-state index in [4.69, 9.17) is 25.8 Å². The highest BCUT2D eigenvalue weighted by Crippen LogP contribution is 2.35. The van der Waals surface area contributed by atoms with Gasteiger partial charge >= 0.3 is 0 Å². The number of methoxy groups -OCH3 is 1. The average Bonchev–Trinajstić information content (AvgIpc) is 3.13. The summed E-state index contributed by atoms with van der Waals surface area (Å²) in [5, 5.41) is 3.37. The number of para-hydroxylation sites is 2. The van der Waals surface area contributed by atoms with Crippen LogP contribution in [0.2, 0.25) is 5.02 Å². The molecule has 0 unspecified atom stereocenters. The molecule has 0 bridgehead atoms. The summed E-state index contributed by atoms with van der Waals surface area (Å²) in [7, 11) is 1.53. The summed E-state index contributed by atoms with van der Waals surface area (Å²) < 4.78 is 16.8. The van der Waals surface area contributed by atoms with Crippen LogP contribution in [0.1, 0.15) is 6.42 Å². The third-order valence-electron chi connectivity index (χ3n) is 5.00. The Morgan fingerprint density at radius 2 is 2.07 bits per heavy atom. The number of hydrogen-bond donors (Lipinski definition) is 1. The molecule has 2 aromatic carbocycles. The highest BCUT2D eigenvalue weighted by atomic mass is 35.5. The predicted octanol–water partition coefficient (Wildman–Crippen LogP) is 2.66. The Hall–Kier alpha value is -2.93. The lowest BCUT2D eigenvalue weighted by Gasteiger charge is -2.27. The summed E-state index contributed by atoms with van der Waals surface area (Å²) in [5.74, 6) is 1.11. The SMILES string of the molecule is COc1ccc(Cl)cc1N1C[C@@H](C(=O)NC[C@@H]2COc3ccccc3O2)CC1=O. The van der Waals surface area contributed by atoms with Gasteiger partial charge in [-0.3, -0.25) is 9.59 Å². The smallest absolute Gasteiger partial charge is 0.227 e. The molecule has 0 aromatic heterocycles. The van der Waals surface area contributed by atoms with E-state index in [1.807, 2.05) is 24.3 Å². The van der Waals surface area contributed by atoms with Crippen molar-refractivity contribution in [3.8, 4) is 17.2 Å². The van der Waals surface area contributed by atoms with Crippen LogP contribution in [0.3, 0.4) is 0 Å². The Morgan fingerprint density at radius 1 is 1.28 bits per heavy atom. The van der Waals surface area contributed by atoms with E-state index >= 15 is 0 Å². The first-order valence-electron chi connectivity index (χ1n) is 9.35. The van der Waals surface area contributed by atoms with Gasteiger partial charge < -0.3 is 24.4 Å². The maximum atomic E-state index is 12.6. The zero-order valence-electron chi connectivity index (χ0n) is 15.9. The van der Waals surface area contributed by atoms with E-state index in [-0.39, 0.29) is 30.9 Å². The van der Waals surface area contributed by atoms with Gasteiger partial charge in [0.15, 0.2) is 11.5 Å². The first-order valence-corrected chi connectivity index (χ1v) is 9.73. The number of anilines is 1. The molecule has 2 heterocycles. The lowest BCUT2D eigenvalue weighted by molar-refractivity contribution is -0.126. The number of ether oxygens (including phenoxy) is 3. The number of fused-ring (bicyclic) bond motifs is 1. The van der Waals surface area contributed by atoms with Crippen molar-refractivity contribution in [1.82, 2.24) is 5.32 Å². The number of carbonyl (C=O) groups excluding carboxylic acids is 2. The molecule has 1 N–H and O–H groups in total. The van der Waals surface area contributed by atoms with Crippen LogP contribution >= 0.6 is 11.6 Å². The van der Waals surface area contributed by atoms with Crippen molar-refractivity contribution in [2.75, 3.05) is 31.7 Å². The van der Waals surface area contributed by atoms with Gasteiger partial charge in [-0.05, 0) is 30.3 Å². The minimum absolute atomic E-state index is 0.131. The van der Waals surface area contributed by atoms with Crippen LogP contribution in [0.4, 0.5) is 5.69 Å². The molecule has 2 aliphatic rings. The second-order valence-electron chi connectivity index (χ2n) is 6.96. The third kappa shape index (κ3) is 4.10. The van der Waals surface area contributed by atoms with Crippen LogP contribution in [0.5, 0.6) is 17.2 Å². The van der Waals surface area contributed by atoms with Crippen LogP contribution in [0, 0.1) is 5.92 Å². The molecule has 0 aliphatic carbocycles. The predicted molar refractivity (Wildman–Crippen MR) is 108 cm³/mol. The molecule has 2 amide bonds. The molecule has 29 heavy (non-hydrogen) atoms. The second-order valence-corrected chi connectivity index (χ2v) is 7.40. The first kappa shape index (κ1) is 19.4. The van der Waals surface area contributed by atoms with Gasteiger partial charge in [-0.25, -0.2) is 0 Å². The maximum absolute atomic E-state index is 12.6. The fourth-order valence-electron chi connectivity index (χ4n) is 3.51. The zero-order valence-corrected chi connectivity index (χ0v) is 16.6. The van der Waals surface area contributed by atoms with Crippen molar-refractivity contribution in [3.63, 3.8) is 0 Å². The van der Waals surface area contributed by atoms with Crippen LogP contribution in [0.15, 0.2) is 42.5 Å². The van der Waals surface area contributed by atoms with Gasteiger partial charge in [0, 0.05) is 18.0 Å². The normalized spacial score (nSPS) is 20.5. The van der Waals surface area contributed by atoms with E-state index < -0.39 is 5.92 Å². The highest BCUT2D eigenvalue weighted by molar-refractivity contribution is 6.31. The van der Waals surface area contributed by atoms with Gasteiger partial charge in [-0.1, -0.05) is 23.7 Å². The van der Waals surface area contributed by atoms with E-state index in [1.54, 1.807) is 23.1 Å². The number of benzene rings is 2. The fourth-order valence-corrected chi connectivity index (χ4v) is 3.68. The minimum Gasteiger partial charge on any atom is -0.495 e. The summed E-state index contributed by atoms with van der Waals surface area (Å²) >= 11 is 6.07. The van der Waals surface area contributed by atoms with E-state index in [1.165, 1.54) is 7.11 Å². The quantitative estimate of drug-likeness (QED) is 0.810. The second kappa shape index (κ2) is 8.21. The number of rotatable bonds is 5. The molecule has 0 radical (unpaired) electrons. The van der Waals surface area contributed by atoms with Crippen molar-refractivity contribution >= 4 is 29.1 Å². The van der Waals surface area contributed by atoms with E-state index in [0.29, 0.717) is 41.1 Å². The zero-order chi connectivity index (χ0) is 20.4. The molecule has 4 rings (SSSR count). The van der Waals surface area contributed by atoms with Gasteiger partial charge in [0.05, 0.1) is 25.3 Å². The Labute approximate surface area is 173 Å². The van der Waals surface area contributed by atoms with Crippen molar-refractivity contribution in [1.29, 1.82) is 0 Å². The standard InChI is InChI=1S/C21H21ClN2O5/c1-27-17-7-6-14(22)9-16(17)24-11-13(8-20(24)25)21(26)23-10-15-12-28-18-4-2-3-5-19(18)29-15/h2-7,9,13,15H,8,10-12H2,1H3,(H,23,26)/t13-,15+/m0/s1. The molecule has 152 valence electrons. The Kier molecular flexibility index (Phi) is 5.49. The molecule has 1 fully saturated rings. The van der Waals surface area contributed by atoms with Crippen molar-refractivity contribution in [2.45, 2.75) is 12.5 Å². The van der Waals surface area contributed by atoms with Gasteiger partial charge in [0.25, 0.3) is 0 Å². The molecule has 2 atom stereocenters. The van der Waals surface area contributed by atoms with E-state index in [0.717, 1.165) is 0 Å². The summed E-state index contributed by atoms with van der Waals surface area (Å²) in [5.41, 5.74) is 0.570. The van der Waals surface area contributed by atoms with Crippen LogP contribution in [-0.4, -0.2) is 44.7 Å². The molecule has 0 saturated carbocycles. The third-order valence-corrected chi connectivity index (χ3v) is 5.23. The Bertz CT molecular complexity index is 935. The minimum atomic E-state index is -0.456. The number of nitrogens with one attached hydrogen (secondary N) is 1. The van der Waals surface area contributed by atoms with E-state index in [2.05, 4.69) is 5.32 Å². The number of halogens is 1. The molecule has 7 nitrogen and oxygen atoms in total. The Balaban J connectivity index is 1.36. The largest absolute Gasteiger partial charge is 0.495 e. The molecule has 8 heteroatoms. The molecular weight excluding hydrogens is 396 g/mol. The topological polar surface area (TPSA) is 77.1 Å². The number of nitrogens with zero attached hydrogens (tertiary/aromatic N) is 1. The lowest BCUT2D eigenvalue weighted by atomic mass is 10.1. The lowest BCUT2D eigenvalue weighted by Crippen LogP contribution is -2.43. The first-order chi connectivity index (χ1) is 14.0. The number of hydrogen-bond acceptors (Lipinski definition) is 5. The van der Waals surface area contributed by atoms with Gasteiger partial charge in [-0.2, -0.15) is 0 Å². The Morgan fingerprint density at radius 3 is 2.86 bits per heavy atom. The van der Waals surface area contributed by atoms with E-state index in [9.17, 15) is 9.59 Å². The molecule has 2 aromatic rings. The highest BCUT2D eigenvalue weighted by Gasteiger charge is 2.36. The summed E-state index contributed by atoms with van der Waals surface area (Å²) in [6.07, 6.45) is -0.151. The van der Waals surface area contributed by atoms with Crippen LogP contribution < -0.4 is 24.4 Å². The number of amides is 2. The molecule has 1 saturated heterocycles. The maximum Gasteiger partial charge on any atom is 0.227 e. The van der Waals surface area contributed by atoms with Crippen molar-refractivity contribution in [2.24, 2.45) is 5.92 Å². The van der Waals surface area contributed by atoms with Crippen molar-refractivity contribution in [3.05, 3.63) is 47.5 Å². The monoisotopic (exact) mass is 416 g/mol. The van der Waals surface area contributed by atoms with Gasteiger partial charge in [0.2, 0.25) is 11.8 Å². The summed E-state index contributed by atoms with van der Waals surface area (Å²) in [6.45, 7) is 0.928. The van der Waals surface area contributed by atoms with Crippen molar-refractivity contribution < 1.29 is 23.8 Å². The molecule has 2 aliphatic heterocycles. The molecule has 0 spiro atoms. The molecular formula is C21H21ClN2O5. The van der Waals surface area contributed by atoms with Gasteiger partial charge in [-0.15, -0.1) is 0 Å². The number of carbonyl (C=O) groups is 2. The summed E-state index contributed by atoms with van der Waals surface area (Å²) in [6, 6.07) is 12.5. The fraction of sp³-hybridized carbons (Fsp3) is 0.333. The average molecular weight is 417 g/mol. The summed E-state index contributed by atoms with van der Waals surface area (Å²) in [4.78, 5) is 26.7.